The molecule has 0 bridgehead atoms. The van der Waals surface area contributed by atoms with Crippen LogP contribution in [0.4, 0.5) is 0 Å². The number of hydrogen-bond acceptors (Lipinski definition) is 4. The van der Waals surface area contributed by atoms with Gasteiger partial charge in [0.05, 0.1) is 18.1 Å². The van der Waals surface area contributed by atoms with Crippen LogP contribution in [0.15, 0.2) is 12.5 Å². The second-order valence-corrected chi connectivity index (χ2v) is 6.55. The average molecular weight is 291 g/mol. The van der Waals surface area contributed by atoms with Crippen LogP contribution in [-0.4, -0.2) is 65.2 Å². The summed E-state index contributed by atoms with van der Waals surface area (Å²) in [5.41, 5.74) is 1.20. The maximum atomic E-state index is 4.57. The van der Waals surface area contributed by atoms with Crippen LogP contribution in [0.3, 0.4) is 0 Å². The first kappa shape index (κ1) is 15.0. The van der Waals surface area contributed by atoms with Gasteiger partial charge in [-0.25, -0.2) is 4.98 Å². The molecule has 1 aliphatic heterocycles. The average Bonchev–Trinajstić information content (AvgIpc) is 3.16. The predicted octanol–water partition coefficient (Wildman–Crippen LogP) is 1.24. The topological polar surface area (TPSA) is 36.3 Å². The Morgan fingerprint density at radius 3 is 2.52 bits per heavy atom. The van der Waals surface area contributed by atoms with E-state index in [4.69, 9.17) is 0 Å². The number of imidazole rings is 1. The minimum Gasteiger partial charge on any atom is -0.340 e. The Morgan fingerprint density at radius 2 is 1.95 bits per heavy atom. The van der Waals surface area contributed by atoms with Gasteiger partial charge in [-0.3, -0.25) is 9.80 Å². The highest BCUT2D eigenvalue weighted by Gasteiger charge is 2.30. The molecule has 0 amide bonds. The molecule has 118 valence electrons. The van der Waals surface area contributed by atoms with Gasteiger partial charge in [-0.2, -0.15) is 0 Å². The number of hydrogen-bond donors (Lipinski definition) is 1. The lowest BCUT2D eigenvalue weighted by Gasteiger charge is -2.41. The van der Waals surface area contributed by atoms with Gasteiger partial charge in [0.15, 0.2) is 0 Å². The van der Waals surface area contributed by atoms with E-state index in [1.165, 1.54) is 57.6 Å². The van der Waals surface area contributed by atoms with Gasteiger partial charge < -0.3 is 9.88 Å². The molecule has 1 aromatic heterocycles. The molecule has 2 aliphatic rings. The largest absolute Gasteiger partial charge is 0.340 e. The van der Waals surface area contributed by atoms with Crippen molar-refractivity contribution in [3.8, 4) is 0 Å². The number of nitrogens with one attached hydrogen (secondary N) is 1. The van der Waals surface area contributed by atoms with Crippen LogP contribution in [0.5, 0.6) is 0 Å². The molecule has 0 radical (unpaired) electrons. The lowest BCUT2D eigenvalue weighted by molar-refractivity contribution is 0.0691. The summed E-state index contributed by atoms with van der Waals surface area (Å²) in [5, 5.41) is 3.33. The second kappa shape index (κ2) is 6.90. The van der Waals surface area contributed by atoms with Crippen molar-refractivity contribution >= 4 is 0 Å². The van der Waals surface area contributed by atoms with Crippen molar-refractivity contribution in [3.63, 3.8) is 0 Å². The number of nitrogens with zero attached hydrogens (tertiary/aromatic N) is 4. The molecule has 1 atom stereocenters. The van der Waals surface area contributed by atoms with Gasteiger partial charge in [0, 0.05) is 52.0 Å². The van der Waals surface area contributed by atoms with E-state index in [-0.39, 0.29) is 0 Å². The van der Waals surface area contributed by atoms with E-state index in [0.717, 1.165) is 12.6 Å². The molecule has 1 saturated carbocycles. The smallest absolute Gasteiger partial charge is 0.0947 e. The number of aromatic nitrogens is 2. The van der Waals surface area contributed by atoms with Crippen molar-refractivity contribution in [3.05, 3.63) is 18.2 Å². The zero-order valence-corrected chi connectivity index (χ0v) is 13.5. The molecule has 1 saturated heterocycles. The van der Waals surface area contributed by atoms with E-state index < -0.39 is 0 Å². The highest BCUT2D eigenvalue weighted by Crippen LogP contribution is 2.26. The summed E-state index contributed by atoms with van der Waals surface area (Å²) in [6, 6.07) is 1.27. The van der Waals surface area contributed by atoms with Gasteiger partial charge >= 0.3 is 0 Å². The molecule has 2 heterocycles. The Morgan fingerprint density at radius 1 is 1.24 bits per heavy atom. The third-order valence-electron chi connectivity index (χ3n) is 5.09. The fraction of sp³-hybridized carbons (Fsp3) is 0.812. The molecule has 0 spiro atoms. The summed E-state index contributed by atoms with van der Waals surface area (Å²) in [4.78, 5) is 9.90. The normalized spacial score (nSPS) is 23.7. The summed E-state index contributed by atoms with van der Waals surface area (Å²) in [7, 11) is 4.08. The van der Waals surface area contributed by atoms with Crippen molar-refractivity contribution in [2.24, 2.45) is 7.05 Å². The fourth-order valence-electron chi connectivity index (χ4n) is 3.90. The number of aryl methyl sites for hydroxylation is 1. The molecule has 1 N–H and O–H groups in total. The molecule has 1 aromatic rings. The van der Waals surface area contributed by atoms with Gasteiger partial charge in [-0.05, 0) is 19.9 Å². The van der Waals surface area contributed by atoms with Crippen molar-refractivity contribution in [2.45, 2.75) is 37.8 Å². The first-order chi connectivity index (χ1) is 10.3. The van der Waals surface area contributed by atoms with Crippen LogP contribution in [0.25, 0.3) is 0 Å². The SMILES string of the molecule is CNCC(c1cn(C)cn1)N1CCN(C2CCCC2)CC1. The number of likely N-dealkylation sites (N-methyl/N-ethyl adjacent to an activating group) is 1. The lowest BCUT2D eigenvalue weighted by atomic mass is 10.1. The zero-order valence-electron chi connectivity index (χ0n) is 13.5. The summed E-state index contributed by atoms with van der Waals surface area (Å²) in [5.74, 6) is 0. The minimum absolute atomic E-state index is 0.405. The van der Waals surface area contributed by atoms with E-state index in [1.807, 2.05) is 25.0 Å². The molecular formula is C16H29N5. The number of rotatable bonds is 5. The third kappa shape index (κ3) is 3.47. The Kier molecular flexibility index (Phi) is 4.93. The van der Waals surface area contributed by atoms with E-state index >= 15 is 0 Å². The summed E-state index contributed by atoms with van der Waals surface area (Å²) in [6.45, 7) is 5.74. The Hall–Kier alpha value is -0.910. The zero-order chi connectivity index (χ0) is 14.7. The van der Waals surface area contributed by atoms with Crippen LogP contribution in [0.2, 0.25) is 0 Å². The van der Waals surface area contributed by atoms with Crippen LogP contribution < -0.4 is 5.32 Å². The molecule has 5 nitrogen and oxygen atoms in total. The van der Waals surface area contributed by atoms with Gasteiger partial charge in [0.25, 0.3) is 0 Å². The molecule has 1 aliphatic carbocycles. The molecule has 3 rings (SSSR count). The quantitative estimate of drug-likeness (QED) is 0.885. The van der Waals surface area contributed by atoms with Crippen LogP contribution >= 0.6 is 0 Å². The van der Waals surface area contributed by atoms with E-state index in [9.17, 15) is 0 Å². The van der Waals surface area contributed by atoms with Gasteiger partial charge in [0.1, 0.15) is 0 Å². The lowest BCUT2D eigenvalue weighted by Crippen LogP contribution is -2.51. The summed E-state index contributed by atoms with van der Waals surface area (Å²) in [6.07, 6.45) is 9.76. The number of piperazine rings is 1. The Balaban J connectivity index is 1.60. The van der Waals surface area contributed by atoms with Crippen molar-refractivity contribution in [2.75, 3.05) is 39.8 Å². The maximum Gasteiger partial charge on any atom is 0.0947 e. The van der Waals surface area contributed by atoms with Crippen molar-refractivity contribution in [1.82, 2.24) is 24.7 Å². The molecule has 21 heavy (non-hydrogen) atoms. The van der Waals surface area contributed by atoms with E-state index in [1.54, 1.807) is 0 Å². The minimum atomic E-state index is 0.405. The second-order valence-electron chi connectivity index (χ2n) is 6.55. The first-order valence-corrected chi connectivity index (χ1v) is 8.38. The fourth-order valence-corrected chi connectivity index (χ4v) is 3.90. The molecule has 0 aromatic carbocycles. The highest BCUT2D eigenvalue weighted by atomic mass is 15.3. The predicted molar refractivity (Wildman–Crippen MR) is 85.3 cm³/mol. The highest BCUT2D eigenvalue weighted by molar-refractivity contribution is 5.05. The van der Waals surface area contributed by atoms with Crippen LogP contribution in [0.1, 0.15) is 37.4 Å². The van der Waals surface area contributed by atoms with Gasteiger partial charge in [-0.15, -0.1) is 0 Å². The molecule has 2 fully saturated rings. The van der Waals surface area contributed by atoms with Gasteiger partial charge in [-0.1, -0.05) is 12.8 Å². The summed E-state index contributed by atoms with van der Waals surface area (Å²) >= 11 is 0. The molecule has 5 heteroatoms. The van der Waals surface area contributed by atoms with Crippen molar-refractivity contribution < 1.29 is 0 Å². The van der Waals surface area contributed by atoms with E-state index in [2.05, 4.69) is 26.3 Å². The monoisotopic (exact) mass is 291 g/mol. The van der Waals surface area contributed by atoms with Gasteiger partial charge in [0.2, 0.25) is 0 Å². The Labute approximate surface area is 128 Å². The van der Waals surface area contributed by atoms with Crippen LogP contribution in [-0.2, 0) is 7.05 Å². The summed E-state index contributed by atoms with van der Waals surface area (Å²) < 4.78 is 2.05. The first-order valence-electron chi connectivity index (χ1n) is 8.38. The Bertz CT molecular complexity index is 430. The van der Waals surface area contributed by atoms with E-state index in [0.29, 0.717) is 6.04 Å². The standard InChI is InChI=1S/C16H29N5/c1-17-11-16(15-12-19(2)13-18-15)21-9-7-20(8-10-21)14-5-3-4-6-14/h12-14,16-17H,3-11H2,1-2H3. The molecular weight excluding hydrogens is 262 g/mol. The molecule has 1 unspecified atom stereocenters. The maximum absolute atomic E-state index is 4.57. The van der Waals surface area contributed by atoms with Crippen molar-refractivity contribution in [1.29, 1.82) is 0 Å². The van der Waals surface area contributed by atoms with Crippen LogP contribution in [0, 0.1) is 0 Å². The third-order valence-corrected chi connectivity index (χ3v) is 5.09.